The third-order valence-corrected chi connectivity index (χ3v) is 4.16. The van der Waals surface area contributed by atoms with E-state index in [2.05, 4.69) is 0 Å². The lowest BCUT2D eigenvalue weighted by Crippen LogP contribution is -2.11. The van der Waals surface area contributed by atoms with Gasteiger partial charge in [-0.1, -0.05) is 51.0 Å². The van der Waals surface area contributed by atoms with Crippen molar-refractivity contribution in [2.45, 2.75) is 6.92 Å². The number of benzene rings is 2. The first-order valence-corrected chi connectivity index (χ1v) is 6.71. The van der Waals surface area contributed by atoms with Crippen molar-refractivity contribution >= 4 is 25.5 Å². The van der Waals surface area contributed by atoms with E-state index in [0.717, 1.165) is 33.8 Å². The Hall–Kier alpha value is -1.66. The Kier molecular flexibility index (Phi) is 4.11. The molecule has 1 unspecified atom stereocenters. The minimum absolute atomic E-state index is 0.428. The molecule has 0 saturated carbocycles. The van der Waals surface area contributed by atoms with Crippen molar-refractivity contribution in [3.8, 4) is 5.75 Å². The molecule has 0 aliphatic carbocycles. The van der Waals surface area contributed by atoms with Gasteiger partial charge < -0.3 is 4.74 Å². The fraction of sp³-hybridized carbons (Fsp3) is 0.133. The number of hydrogen-bond acceptors (Lipinski definition) is 2. The molecule has 0 saturated heterocycles. The first-order chi connectivity index (χ1) is 8.76. The number of rotatable bonds is 4. The highest BCUT2D eigenvalue weighted by Gasteiger charge is 2.08. The van der Waals surface area contributed by atoms with Crippen molar-refractivity contribution in [3.63, 3.8) is 0 Å². The van der Waals surface area contributed by atoms with E-state index in [0.29, 0.717) is 8.58 Å². The average molecular weight is 258 g/mol. The Labute approximate surface area is 109 Å². The van der Waals surface area contributed by atoms with Crippen LogP contribution in [0.15, 0.2) is 42.5 Å². The molecule has 0 bridgehead atoms. The summed E-state index contributed by atoms with van der Waals surface area (Å²) < 4.78 is 5.44. The molecule has 0 radical (unpaired) electrons. The first-order valence-electron chi connectivity index (χ1n) is 5.71. The Bertz CT molecular complexity index is 564. The molecular formula is C15H15O2P. The number of para-hydroxylation sites is 1. The van der Waals surface area contributed by atoms with E-state index in [1.54, 1.807) is 7.11 Å². The first kappa shape index (κ1) is 12.8. The average Bonchev–Trinajstić information content (AvgIpc) is 2.40. The van der Waals surface area contributed by atoms with Crippen molar-refractivity contribution < 1.29 is 9.53 Å². The number of hydrogen-bond donors (Lipinski definition) is 0. The van der Waals surface area contributed by atoms with Crippen LogP contribution in [0.1, 0.15) is 15.9 Å². The van der Waals surface area contributed by atoms with Gasteiger partial charge in [-0.3, -0.25) is 4.79 Å². The van der Waals surface area contributed by atoms with Crippen LogP contribution in [-0.4, -0.2) is 13.4 Å². The van der Waals surface area contributed by atoms with E-state index < -0.39 is 0 Å². The Morgan fingerprint density at radius 1 is 1.06 bits per heavy atom. The normalized spacial score (nSPS) is 10.8. The summed E-state index contributed by atoms with van der Waals surface area (Å²) in [4.78, 5) is 11.0. The van der Waals surface area contributed by atoms with Crippen LogP contribution in [0.5, 0.6) is 5.75 Å². The highest BCUT2D eigenvalue weighted by Crippen LogP contribution is 2.23. The lowest BCUT2D eigenvalue weighted by Gasteiger charge is -2.12. The molecule has 0 aliphatic rings. The zero-order valence-electron chi connectivity index (χ0n) is 10.4. The van der Waals surface area contributed by atoms with Gasteiger partial charge in [-0.25, -0.2) is 0 Å². The molecule has 0 aliphatic heterocycles. The zero-order chi connectivity index (χ0) is 13.0. The molecule has 18 heavy (non-hydrogen) atoms. The predicted molar refractivity (Wildman–Crippen MR) is 77.1 cm³/mol. The molecule has 2 aromatic rings. The van der Waals surface area contributed by atoms with E-state index in [4.69, 9.17) is 4.74 Å². The topological polar surface area (TPSA) is 26.3 Å². The van der Waals surface area contributed by atoms with E-state index in [-0.39, 0.29) is 0 Å². The minimum atomic E-state index is 0.428. The van der Waals surface area contributed by atoms with E-state index in [1.807, 2.05) is 49.4 Å². The molecule has 2 nitrogen and oxygen atoms in total. The highest BCUT2D eigenvalue weighted by atomic mass is 31.1. The Morgan fingerprint density at radius 3 is 2.50 bits per heavy atom. The molecule has 0 N–H and O–H groups in total. The fourth-order valence-corrected chi connectivity index (χ4v) is 3.23. The Balaban J connectivity index is 2.40. The van der Waals surface area contributed by atoms with Gasteiger partial charge in [0.1, 0.15) is 5.75 Å². The van der Waals surface area contributed by atoms with Gasteiger partial charge in [0, 0.05) is 10.9 Å². The van der Waals surface area contributed by atoms with Gasteiger partial charge in [0.25, 0.3) is 0 Å². The monoisotopic (exact) mass is 258 g/mol. The predicted octanol–water partition coefficient (Wildman–Crippen LogP) is 2.45. The molecule has 92 valence electrons. The summed E-state index contributed by atoms with van der Waals surface area (Å²) in [5.41, 5.74) is 1.87. The largest absolute Gasteiger partial charge is 0.496 e. The maximum atomic E-state index is 11.0. The van der Waals surface area contributed by atoms with Crippen LogP contribution >= 0.6 is 8.58 Å². The third-order valence-electron chi connectivity index (χ3n) is 2.77. The number of carbonyl (C=O) groups is 1. The summed E-state index contributed by atoms with van der Waals surface area (Å²) in [7, 11) is 2.11. The molecule has 3 heteroatoms. The molecule has 2 aromatic carbocycles. The second-order valence-electron chi connectivity index (χ2n) is 3.99. The second kappa shape index (κ2) is 5.79. The summed E-state index contributed by atoms with van der Waals surface area (Å²) in [5, 5.41) is 2.18. The quantitative estimate of drug-likeness (QED) is 0.622. The van der Waals surface area contributed by atoms with Gasteiger partial charge >= 0.3 is 0 Å². The second-order valence-corrected chi connectivity index (χ2v) is 5.31. The summed E-state index contributed by atoms with van der Waals surface area (Å²) in [6.45, 7) is 2.03. The van der Waals surface area contributed by atoms with Gasteiger partial charge in [-0.15, -0.1) is 0 Å². The van der Waals surface area contributed by atoms with Crippen LogP contribution in [0, 0.1) is 6.92 Å². The van der Waals surface area contributed by atoms with Crippen molar-refractivity contribution in [3.05, 3.63) is 53.6 Å². The van der Waals surface area contributed by atoms with Gasteiger partial charge in [-0.2, -0.15) is 0 Å². The van der Waals surface area contributed by atoms with Crippen LogP contribution in [0.4, 0.5) is 0 Å². The molecule has 1 atom stereocenters. The standard InChI is InChI=1S/C15H15O2P/c1-11-6-5-9-14(15(11)17-2)18-13-8-4-3-7-12(13)10-16/h3-10,18H,1-2H3. The van der Waals surface area contributed by atoms with Gasteiger partial charge in [0.2, 0.25) is 0 Å². The van der Waals surface area contributed by atoms with E-state index in [1.165, 1.54) is 0 Å². The van der Waals surface area contributed by atoms with Gasteiger partial charge in [0.15, 0.2) is 6.29 Å². The zero-order valence-corrected chi connectivity index (χ0v) is 11.4. The number of aldehydes is 1. The molecule has 0 amide bonds. The molecule has 0 aromatic heterocycles. The third kappa shape index (κ3) is 2.60. The molecular weight excluding hydrogens is 243 g/mol. The van der Waals surface area contributed by atoms with Crippen LogP contribution in [0.2, 0.25) is 0 Å². The fourth-order valence-electron chi connectivity index (χ4n) is 1.88. The smallest absolute Gasteiger partial charge is 0.150 e. The maximum Gasteiger partial charge on any atom is 0.150 e. The number of carbonyl (C=O) groups excluding carboxylic acids is 1. The maximum absolute atomic E-state index is 11.0. The van der Waals surface area contributed by atoms with Crippen molar-refractivity contribution in [2.75, 3.05) is 7.11 Å². The van der Waals surface area contributed by atoms with Crippen molar-refractivity contribution in [2.24, 2.45) is 0 Å². The van der Waals surface area contributed by atoms with Crippen LogP contribution in [-0.2, 0) is 0 Å². The van der Waals surface area contributed by atoms with E-state index in [9.17, 15) is 4.79 Å². The molecule has 0 fully saturated rings. The summed E-state index contributed by atoms with van der Waals surface area (Å²) in [6.07, 6.45) is 0.907. The molecule has 0 heterocycles. The summed E-state index contributed by atoms with van der Waals surface area (Å²) in [5.74, 6) is 0.913. The van der Waals surface area contributed by atoms with Gasteiger partial charge in [-0.05, 0) is 17.8 Å². The van der Waals surface area contributed by atoms with Gasteiger partial charge in [0.05, 0.1) is 7.11 Å². The summed E-state index contributed by atoms with van der Waals surface area (Å²) >= 11 is 0. The number of methoxy groups -OCH3 is 1. The highest BCUT2D eigenvalue weighted by molar-refractivity contribution is 7.56. The molecule has 0 spiro atoms. The van der Waals surface area contributed by atoms with Crippen LogP contribution in [0.25, 0.3) is 0 Å². The summed E-state index contributed by atoms with van der Waals surface area (Å²) in [6, 6.07) is 13.8. The van der Waals surface area contributed by atoms with E-state index >= 15 is 0 Å². The number of aryl methyl sites for hydroxylation is 1. The minimum Gasteiger partial charge on any atom is -0.496 e. The number of ether oxygens (including phenoxy) is 1. The van der Waals surface area contributed by atoms with Crippen LogP contribution < -0.4 is 15.3 Å². The lowest BCUT2D eigenvalue weighted by atomic mass is 10.2. The van der Waals surface area contributed by atoms with Crippen LogP contribution in [0.3, 0.4) is 0 Å². The molecule has 2 rings (SSSR count). The van der Waals surface area contributed by atoms with Crippen molar-refractivity contribution in [1.29, 1.82) is 0 Å². The van der Waals surface area contributed by atoms with Crippen molar-refractivity contribution in [1.82, 2.24) is 0 Å². The Morgan fingerprint density at radius 2 is 1.78 bits per heavy atom. The lowest BCUT2D eigenvalue weighted by molar-refractivity contribution is 0.112. The SMILES string of the molecule is COc1c(C)cccc1Pc1ccccc1C=O.